The zero-order valence-corrected chi connectivity index (χ0v) is 12.7. The van der Waals surface area contributed by atoms with Crippen LogP contribution in [-0.2, 0) is 0 Å². The first-order valence-corrected chi connectivity index (χ1v) is 7.65. The molecule has 1 N–H and O–H groups in total. The Kier molecular flexibility index (Phi) is 4.31. The number of β-amino-alcohol motifs (C(OH)–C–C–N with tert-alkyl or cyclic N) is 1. The van der Waals surface area contributed by atoms with Crippen molar-refractivity contribution < 1.29 is 19.0 Å². The highest BCUT2D eigenvalue weighted by Gasteiger charge is 2.39. The highest BCUT2D eigenvalue weighted by molar-refractivity contribution is 5.97. The number of carbonyl (C=O) groups is 1. The van der Waals surface area contributed by atoms with Gasteiger partial charge in [-0.15, -0.1) is 0 Å². The first-order valence-electron chi connectivity index (χ1n) is 7.65. The third-order valence-electron chi connectivity index (χ3n) is 4.55. The first kappa shape index (κ1) is 15.2. The quantitative estimate of drug-likeness (QED) is 0.909. The zero-order valence-electron chi connectivity index (χ0n) is 12.7. The molecule has 2 heterocycles. The lowest BCUT2D eigenvalue weighted by atomic mass is 10.1. The SMILES string of the molecule is COc1ccc(F)cc1C(=O)N1C[C@@H](O)[C@H](N2CCCC2)C1. The van der Waals surface area contributed by atoms with E-state index in [2.05, 4.69) is 4.90 Å². The number of carbonyl (C=O) groups excluding carboxylic acids is 1. The van der Waals surface area contributed by atoms with Crippen LogP contribution in [0.5, 0.6) is 5.75 Å². The Bertz CT molecular complexity index is 560. The van der Waals surface area contributed by atoms with E-state index in [0.29, 0.717) is 12.3 Å². The summed E-state index contributed by atoms with van der Waals surface area (Å²) in [4.78, 5) is 16.5. The number of hydrogen-bond acceptors (Lipinski definition) is 4. The number of nitrogens with zero attached hydrogens (tertiary/aromatic N) is 2. The molecule has 120 valence electrons. The molecule has 0 bridgehead atoms. The fraction of sp³-hybridized carbons (Fsp3) is 0.562. The highest BCUT2D eigenvalue weighted by atomic mass is 19.1. The van der Waals surface area contributed by atoms with Crippen molar-refractivity contribution in [3.8, 4) is 5.75 Å². The summed E-state index contributed by atoms with van der Waals surface area (Å²) in [5, 5.41) is 10.3. The van der Waals surface area contributed by atoms with E-state index in [1.165, 1.54) is 25.3 Å². The fourth-order valence-corrected chi connectivity index (χ4v) is 3.39. The molecule has 0 saturated carbocycles. The van der Waals surface area contributed by atoms with E-state index in [1.807, 2.05) is 0 Å². The molecule has 2 aliphatic heterocycles. The number of methoxy groups -OCH3 is 1. The van der Waals surface area contributed by atoms with Crippen LogP contribution in [0.15, 0.2) is 18.2 Å². The van der Waals surface area contributed by atoms with E-state index in [0.717, 1.165) is 25.9 Å². The molecule has 1 aromatic carbocycles. The topological polar surface area (TPSA) is 53.0 Å². The van der Waals surface area contributed by atoms with E-state index >= 15 is 0 Å². The van der Waals surface area contributed by atoms with Gasteiger partial charge in [0.25, 0.3) is 5.91 Å². The van der Waals surface area contributed by atoms with Gasteiger partial charge in [0.15, 0.2) is 0 Å². The Morgan fingerprint density at radius 2 is 2.05 bits per heavy atom. The second-order valence-electron chi connectivity index (χ2n) is 5.93. The minimum absolute atomic E-state index is 0.0222. The van der Waals surface area contributed by atoms with Gasteiger partial charge in [-0.05, 0) is 44.1 Å². The number of aliphatic hydroxyl groups excluding tert-OH is 1. The van der Waals surface area contributed by atoms with Gasteiger partial charge in [-0.2, -0.15) is 0 Å². The van der Waals surface area contributed by atoms with E-state index in [9.17, 15) is 14.3 Å². The number of halogens is 1. The number of amides is 1. The Morgan fingerprint density at radius 1 is 1.32 bits per heavy atom. The van der Waals surface area contributed by atoms with Crippen molar-refractivity contribution in [2.24, 2.45) is 0 Å². The van der Waals surface area contributed by atoms with Crippen molar-refractivity contribution in [2.75, 3.05) is 33.3 Å². The van der Waals surface area contributed by atoms with Gasteiger partial charge in [-0.25, -0.2) is 4.39 Å². The van der Waals surface area contributed by atoms with Crippen molar-refractivity contribution in [1.82, 2.24) is 9.80 Å². The lowest BCUT2D eigenvalue weighted by molar-refractivity contribution is 0.0759. The molecule has 0 radical (unpaired) electrons. The second-order valence-corrected chi connectivity index (χ2v) is 5.93. The van der Waals surface area contributed by atoms with Gasteiger partial charge in [0.1, 0.15) is 11.6 Å². The lowest BCUT2D eigenvalue weighted by Crippen LogP contribution is -2.41. The van der Waals surface area contributed by atoms with Crippen LogP contribution in [0.2, 0.25) is 0 Å². The molecule has 22 heavy (non-hydrogen) atoms. The van der Waals surface area contributed by atoms with Crippen LogP contribution in [0.4, 0.5) is 4.39 Å². The van der Waals surface area contributed by atoms with Crippen molar-refractivity contribution in [1.29, 1.82) is 0 Å². The zero-order chi connectivity index (χ0) is 15.7. The van der Waals surface area contributed by atoms with E-state index in [-0.39, 0.29) is 24.1 Å². The normalized spacial score (nSPS) is 25.7. The van der Waals surface area contributed by atoms with Gasteiger partial charge >= 0.3 is 0 Å². The first-order chi connectivity index (χ1) is 10.6. The molecule has 2 saturated heterocycles. The lowest BCUT2D eigenvalue weighted by Gasteiger charge is -2.25. The number of aliphatic hydroxyl groups is 1. The molecule has 3 rings (SSSR count). The maximum atomic E-state index is 13.4. The third-order valence-corrected chi connectivity index (χ3v) is 4.55. The molecule has 2 atom stereocenters. The van der Waals surface area contributed by atoms with Gasteiger partial charge in [0.2, 0.25) is 0 Å². The molecule has 2 aliphatic rings. The Balaban J connectivity index is 1.77. The molecule has 2 fully saturated rings. The summed E-state index contributed by atoms with van der Waals surface area (Å²) < 4.78 is 18.6. The van der Waals surface area contributed by atoms with E-state index < -0.39 is 11.9 Å². The maximum absolute atomic E-state index is 13.4. The van der Waals surface area contributed by atoms with Gasteiger partial charge in [-0.3, -0.25) is 9.69 Å². The summed E-state index contributed by atoms with van der Waals surface area (Å²) in [5.74, 6) is -0.414. The molecule has 1 amide bonds. The summed E-state index contributed by atoms with van der Waals surface area (Å²) >= 11 is 0. The Labute approximate surface area is 129 Å². The molecule has 1 aromatic rings. The molecular weight excluding hydrogens is 287 g/mol. The van der Waals surface area contributed by atoms with Crippen LogP contribution in [0.25, 0.3) is 0 Å². The second kappa shape index (κ2) is 6.22. The summed E-state index contributed by atoms with van der Waals surface area (Å²) in [7, 11) is 1.45. The summed E-state index contributed by atoms with van der Waals surface area (Å²) in [5.41, 5.74) is 0.205. The van der Waals surface area contributed by atoms with Crippen LogP contribution >= 0.6 is 0 Å². The smallest absolute Gasteiger partial charge is 0.257 e. The number of likely N-dealkylation sites (tertiary alicyclic amines) is 2. The maximum Gasteiger partial charge on any atom is 0.257 e. The Hall–Kier alpha value is -1.66. The average Bonchev–Trinajstić information content (AvgIpc) is 3.15. The minimum Gasteiger partial charge on any atom is -0.496 e. The molecule has 0 spiro atoms. The number of ether oxygens (including phenoxy) is 1. The minimum atomic E-state index is -0.554. The number of benzene rings is 1. The largest absolute Gasteiger partial charge is 0.496 e. The number of rotatable bonds is 3. The Morgan fingerprint density at radius 3 is 2.73 bits per heavy atom. The van der Waals surface area contributed by atoms with Crippen molar-refractivity contribution >= 4 is 5.91 Å². The molecule has 0 aliphatic carbocycles. The van der Waals surface area contributed by atoms with Crippen LogP contribution in [0, 0.1) is 5.82 Å². The monoisotopic (exact) mass is 308 g/mol. The molecular formula is C16H21FN2O3. The fourth-order valence-electron chi connectivity index (χ4n) is 3.39. The van der Waals surface area contributed by atoms with E-state index in [4.69, 9.17) is 4.74 Å². The van der Waals surface area contributed by atoms with Gasteiger partial charge in [-0.1, -0.05) is 0 Å². The molecule has 0 aromatic heterocycles. The third kappa shape index (κ3) is 2.80. The molecule has 0 unspecified atom stereocenters. The molecule has 6 heteroatoms. The summed E-state index contributed by atoms with van der Waals surface area (Å²) in [6.45, 7) is 2.68. The van der Waals surface area contributed by atoms with Crippen molar-refractivity contribution in [3.63, 3.8) is 0 Å². The number of hydrogen-bond donors (Lipinski definition) is 1. The van der Waals surface area contributed by atoms with Gasteiger partial charge < -0.3 is 14.7 Å². The average molecular weight is 308 g/mol. The van der Waals surface area contributed by atoms with Crippen LogP contribution in [0.1, 0.15) is 23.2 Å². The summed E-state index contributed by atoms with van der Waals surface area (Å²) in [6.07, 6.45) is 1.71. The predicted octanol–water partition coefficient (Wildman–Crippen LogP) is 1.12. The highest BCUT2D eigenvalue weighted by Crippen LogP contribution is 2.26. The van der Waals surface area contributed by atoms with E-state index in [1.54, 1.807) is 4.90 Å². The van der Waals surface area contributed by atoms with Crippen LogP contribution < -0.4 is 4.74 Å². The standard InChI is InChI=1S/C16H21FN2O3/c1-22-15-5-4-11(17)8-12(15)16(21)19-9-13(14(20)10-19)18-6-2-3-7-18/h4-5,8,13-14,20H,2-3,6-7,9-10H2,1H3/t13-,14-/m1/s1. The van der Waals surface area contributed by atoms with Crippen LogP contribution in [0.3, 0.4) is 0 Å². The predicted molar refractivity (Wildman–Crippen MR) is 79.5 cm³/mol. The van der Waals surface area contributed by atoms with Gasteiger partial charge in [0, 0.05) is 13.1 Å². The summed E-state index contributed by atoms with van der Waals surface area (Å²) in [6, 6.07) is 3.89. The van der Waals surface area contributed by atoms with Crippen LogP contribution in [-0.4, -0.2) is 66.2 Å². The van der Waals surface area contributed by atoms with Gasteiger partial charge in [0.05, 0.1) is 24.8 Å². The van der Waals surface area contributed by atoms with Crippen molar-refractivity contribution in [2.45, 2.75) is 25.0 Å². The molecule has 5 nitrogen and oxygen atoms in total. The van der Waals surface area contributed by atoms with Crippen molar-refractivity contribution in [3.05, 3.63) is 29.6 Å².